The second-order valence-corrected chi connectivity index (χ2v) is 4.80. The van der Waals surface area contributed by atoms with Crippen molar-refractivity contribution < 1.29 is 4.74 Å². The van der Waals surface area contributed by atoms with Gasteiger partial charge in [0, 0.05) is 31.1 Å². The summed E-state index contributed by atoms with van der Waals surface area (Å²) in [5, 5.41) is 2.19. The van der Waals surface area contributed by atoms with Crippen molar-refractivity contribution >= 4 is 23.7 Å². The van der Waals surface area contributed by atoms with E-state index in [0.717, 1.165) is 19.7 Å². The van der Waals surface area contributed by atoms with Crippen LogP contribution in [0.5, 0.6) is 0 Å². The van der Waals surface area contributed by atoms with Crippen molar-refractivity contribution in [1.82, 2.24) is 4.90 Å². The summed E-state index contributed by atoms with van der Waals surface area (Å²) < 4.78 is 5.39. The van der Waals surface area contributed by atoms with Gasteiger partial charge in [0.05, 0.1) is 13.2 Å². The van der Waals surface area contributed by atoms with Gasteiger partial charge >= 0.3 is 0 Å². The molecule has 0 bridgehead atoms. The fourth-order valence-electron chi connectivity index (χ4n) is 1.88. The standard InChI is InChI=1S/C11H18N2OS.ClH/c12-3-6-14-7-5-13-4-1-11-10(9-13)2-8-15-11;/h2,8H,1,3-7,9,12H2;1H. The number of hydrogen-bond donors (Lipinski definition) is 1. The zero-order valence-electron chi connectivity index (χ0n) is 9.35. The molecule has 0 atom stereocenters. The maximum atomic E-state index is 5.39. The van der Waals surface area contributed by atoms with Crippen LogP contribution in [-0.2, 0) is 17.7 Å². The van der Waals surface area contributed by atoms with Crippen LogP contribution in [0.3, 0.4) is 0 Å². The van der Waals surface area contributed by atoms with E-state index in [2.05, 4.69) is 16.3 Å². The molecule has 0 aliphatic carbocycles. The number of nitrogens with zero attached hydrogens (tertiary/aromatic N) is 1. The van der Waals surface area contributed by atoms with E-state index in [1.54, 1.807) is 4.88 Å². The SMILES string of the molecule is Cl.NCCOCCN1CCc2sccc2C1. The van der Waals surface area contributed by atoms with Gasteiger partial charge in [-0.2, -0.15) is 0 Å². The number of ether oxygens (including phenoxy) is 1. The number of rotatable bonds is 5. The Bertz CT molecular complexity index is 306. The first-order valence-corrected chi connectivity index (χ1v) is 6.33. The van der Waals surface area contributed by atoms with Gasteiger partial charge in [-0.3, -0.25) is 4.90 Å². The van der Waals surface area contributed by atoms with Crippen LogP contribution in [0.2, 0.25) is 0 Å². The Morgan fingerprint density at radius 3 is 3.12 bits per heavy atom. The zero-order chi connectivity index (χ0) is 10.5. The Morgan fingerprint density at radius 1 is 1.44 bits per heavy atom. The summed E-state index contributed by atoms with van der Waals surface area (Å²) in [6.45, 7) is 5.38. The lowest BCUT2D eigenvalue weighted by molar-refractivity contribution is 0.105. The monoisotopic (exact) mass is 262 g/mol. The molecular formula is C11H19ClN2OS. The fourth-order valence-corrected chi connectivity index (χ4v) is 2.77. The summed E-state index contributed by atoms with van der Waals surface area (Å²) in [7, 11) is 0. The van der Waals surface area contributed by atoms with Crippen molar-refractivity contribution in [2.24, 2.45) is 5.73 Å². The van der Waals surface area contributed by atoms with Crippen LogP contribution in [0.4, 0.5) is 0 Å². The highest BCUT2D eigenvalue weighted by molar-refractivity contribution is 7.10. The topological polar surface area (TPSA) is 38.5 Å². The third-order valence-corrected chi connectivity index (χ3v) is 3.72. The van der Waals surface area contributed by atoms with Crippen molar-refractivity contribution in [2.75, 3.05) is 32.8 Å². The molecule has 1 aliphatic heterocycles. The largest absolute Gasteiger partial charge is 0.379 e. The highest BCUT2D eigenvalue weighted by Crippen LogP contribution is 2.23. The average molecular weight is 263 g/mol. The van der Waals surface area contributed by atoms with Gasteiger partial charge in [-0.1, -0.05) is 0 Å². The minimum atomic E-state index is 0. The van der Waals surface area contributed by atoms with E-state index in [9.17, 15) is 0 Å². The molecular weight excluding hydrogens is 244 g/mol. The third kappa shape index (κ3) is 3.71. The summed E-state index contributed by atoms with van der Waals surface area (Å²) in [6, 6.07) is 2.24. The maximum absolute atomic E-state index is 5.39. The van der Waals surface area contributed by atoms with Gasteiger partial charge in [0.2, 0.25) is 0 Å². The quantitative estimate of drug-likeness (QED) is 0.818. The third-order valence-electron chi connectivity index (χ3n) is 2.70. The molecule has 3 nitrogen and oxygen atoms in total. The molecule has 2 heterocycles. The highest BCUT2D eigenvalue weighted by atomic mass is 35.5. The van der Waals surface area contributed by atoms with Gasteiger partial charge in [0.15, 0.2) is 0 Å². The van der Waals surface area contributed by atoms with Crippen LogP contribution in [0.25, 0.3) is 0 Å². The number of halogens is 1. The number of hydrogen-bond acceptors (Lipinski definition) is 4. The van der Waals surface area contributed by atoms with Crippen molar-refractivity contribution in [1.29, 1.82) is 0 Å². The number of nitrogens with two attached hydrogens (primary N) is 1. The molecule has 0 aromatic carbocycles. The normalized spacial score (nSPS) is 15.6. The second kappa shape index (κ2) is 7.25. The lowest BCUT2D eigenvalue weighted by Crippen LogP contribution is -2.32. The molecule has 0 fully saturated rings. The molecule has 2 rings (SSSR count). The second-order valence-electron chi connectivity index (χ2n) is 3.80. The van der Waals surface area contributed by atoms with Crippen LogP contribution in [0, 0.1) is 0 Å². The molecule has 0 saturated carbocycles. The Balaban J connectivity index is 0.00000128. The van der Waals surface area contributed by atoms with E-state index in [-0.39, 0.29) is 12.4 Å². The van der Waals surface area contributed by atoms with Gasteiger partial charge in [0.1, 0.15) is 0 Å². The van der Waals surface area contributed by atoms with Crippen molar-refractivity contribution in [3.63, 3.8) is 0 Å². The van der Waals surface area contributed by atoms with Crippen LogP contribution < -0.4 is 5.73 Å². The Morgan fingerprint density at radius 2 is 2.31 bits per heavy atom. The molecule has 0 spiro atoms. The van der Waals surface area contributed by atoms with Crippen LogP contribution >= 0.6 is 23.7 Å². The molecule has 1 aromatic heterocycles. The predicted molar refractivity (Wildman–Crippen MR) is 70.4 cm³/mol. The van der Waals surface area contributed by atoms with E-state index in [4.69, 9.17) is 10.5 Å². The molecule has 0 unspecified atom stereocenters. The zero-order valence-corrected chi connectivity index (χ0v) is 11.0. The number of thiophene rings is 1. The molecule has 16 heavy (non-hydrogen) atoms. The fraction of sp³-hybridized carbons (Fsp3) is 0.636. The minimum Gasteiger partial charge on any atom is -0.379 e. The summed E-state index contributed by atoms with van der Waals surface area (Å²) in [5.74, 6) is 0. The first kappa shape index (κ1) is 13.9. The summed E-state index contributed by atoms with van der Waals surface area (Å²) in [6.07, 6.45) is 1.20. The lowest BCUT2D eigenvalue weighted by Gasteiger charge is -2.26. The van der Waals surface area contributed by atoms with Crippen molar-refractivity contribution in [3.05, 3.63) is 21.9 Å². The van der Waals surface area contributed by atoms with Gasteiger partial charge in [-0.05, 0) is 23.4 Å². The van der Waals surface area contributed by atoms with Crippen LogP contribution in [-0.4, -0.2) is 37.7 Å². The molecule has 2 N–H and O–H groups in total. The summed E-state index contributed by atoms with van der Waals surface area (Å²) >= 11 is 1.88. The Kier molecular flexibility index (Phi) is 6.31. The minimum absolute atomic E-state index is 0. The molecule has 0 saturated heterocycles. The molecule has 0 amide bonds. The molecule has 92 valence electrons. The van der Waals surface area contributed by atoms with Crippen molar-refractivity contribution in [3.8, 4) is 0 Å². The smallest absolute Gasteiger partial charge is 0.0594 e. The maximum Gasteiger partial charge on any atom is 0.0594 e. The van der Waals surface area contributed by atoms with Gasteiger partial charge in [-0.15, -0.1) is 23.7 Å². The van der Waals surface area contributed by atoms with Gasteiger partial charge in [0.25, 0.3) is 0 Å². The van der Waals surface area contributed by atoms with Crippen LogP contribution in [0.15, 0.2) is 11.4 Å². The molecule has 1 aromatic rings. The Labute approximate surface area is 107 Å². The van der Waals surface area contributed by atoms with E-state index in [0.29, 0.717) is 13.2 Å². The van der Waals surface area contributed by atoms with Crippen LogP contribution in [0.1, 0.15) is 10.4 Å². The molecule has 5 heteroatoms. The Hall–Kier alpha value is -0.130. The number of fused-ring (bicyclic) bond motifs is 1. The molecule has 0 radical (unpaired) electrons. The predicted octanol–water partition coefficient (Wildman–Crippen LogP) is 1.50. The van der Waals surface area contributed by atoms with Gasteiger partial charge in [-0.25, -0.2) is 0 Å². The average Bonchev–Trinajstić information content (AvgIpc) is 2.71. The first-order valence-electron chi connectivity index (χ1n) is 5.45. The first-order chi connectivity index (χ1) is 7.40. The summed E-state index contributed by atoms with van der Waals surface area (Å²) in [5.41, 5.74) is 6.86. The van der Waals surface area contributed by atoms with Gasteiger partial charge < -0.3 is 10.5 Å². The summed E-state index contributed by atoms with van der Waals surface area (Å²) in [4.78, 5) is 4.01. The van der Waals surface area contributed by atoms with E-state index in [1.165, 1.54) is 18.5 Å². The van der Waals surface area contributed by atoms with Crippen molar-refractivity contribution in [2.45, 2.75) is 13.0 Å². The van der Waals surface area contributed by atoms with E-state index < -0.39 is 0 Å². The lowest BCUT2D eigenvalue weighted by atomic mass is 10.1. The highest BCUT2D eigenvalue weighted by Gasteiger charge is 2.16. The van der Waals surface area contributed by atoms with E-state index in [1.807, 2.05) is 11.3 Å². The molecule has 1 aliphatic rings. The van der Waals surface area contributed by atoms with E-state index >= 15 is 0 Å².